The van der Waals surface area contributed by atoms with Crippen molar-refractivity contribution in [2.75, 3.05) is 31.5 Å². The molecule has 0 aromatic heterocycles. The Kier molecular flexibility index (Phi) is 7.20. The van der Waals surface area contributed by atoms with Crippen LogP contribution in [0.25, 0.3) is 0 Å². The molecule has 2 heterocycles. The smallest absolute Gasteiger partial charge is 0.227 e. The van der Waals surface area contributed by atoms with Gasteiger partial charge in [-0.25, -0.2) is 4.39 Å². The molecule has 2 fully saturated rings. The second kappa shape index (κ2) is 9.15. The SMILES string of the molecule is Cl.O=C(Nc1ccc(F)cc1)C1CCN(C(=O)C2CCNCC2)CC1. The molecule has 3 rings (SSSR count). The van der Waals surface area contributed by atoms with Crippen molar-refractivity contribution in [1.29, 1.82) is 0 Å². The summed E-state index contributed by atoms with van der Waals surface area (Å²) in [4.78, 5) is 26.7. The fourth-order valence-electron chi connectivity index (χ4n) is 3.47. The molecular formula is C18H25ClFN3O2. The maximum absolute atomic E-state index is 12.9. The summed E-state index contributed by atoms with van der Waals surface area (Å²) in [5.74, 6) is -0.0786. The highest BCUT2D eigenvalue weighted by Crippen LogP contribution is 2.23. The van der Waals surface area contributed by atoms with Gasteiger partial charge in [0.1, 0.15) is 5.82 Å². The Morgan fingerprint density at radius 3 is 2.20 bits per heavy atom. The number of piperidine rings is 2. The van der Waals surface area contributed by atoms with Crippen molar-refractivity contribution in [3.8, 4) is 0 Å². The summed E-state index contributed by atoms with van der Waals surface area (Å²) in [7, 11) is 0. The van der Waals surface area contributed by atoms with Crippen LogP contribution in [-0.2, 0) is 9.59 Å². The first-order chi connectivity index (χ1) is 11.6. The lowest BCUT2D eigenvalue weighted by Crippen LogP contribution is -2.46. The van der Waals surface area contributed by atoms with Gasteiger partial charge in [0.15, 0.2) is 0 Å². The molecule has 0 radical (unpaired) electrons. The molecule has 0 spiro atoms. The van der Waals surface area contributed by atoms with Crippen molar-refractivity contribution in [3.05, 3.63) is 30.1 Å². The molecular weight excluding hydrogens is 345 g/mol. The van der Waals surface area contributed by atoms with Gasteiger partial charge in [0.2, 0.25) is 11.8 Å². The van der Waals surface area contributed by atoms with Gasteiger partial charge < -0.3 is 15.5 Å². The number of hydrogen-bond donors (Lipinski definition) is 2. The fourth-order valence-corrected chi connectivity index (χ4v) is 3.47. The van der Waals surface area contributed by atoms with Gasteiger partial charge in [-0.05, 0) is 63.0 Å². The third-order valence-electron chi connectivity index (χ3n) is 4.98. The minimum Gasteiger partial charge on any atom is -0.342 e. The number of rotatable bonds is 3. The summed E-state index contributed by atoms with van der Waals surface area (Å²) in [6, 6.07) is 5.78. The largest absolute Gasteiger partial charge is 0.342 e. The molecule has 0 aliphatic carbocycles. The van der Waals surface area contributed by atoms with E-state index in [4.69, 9.17) is 0 Å². The molecule has 1 aromatic carbocycles. The van der Waals surface area contributed by atoms with Crippen molar-refractivity contribution < 1.29 is 14.0 Å². The van der Waals surface area contributed by atoms with Crippen LogP contribution in [0, 0.1) is 17.7 Å². The van der Waals surface area contributed by atoms with Crippen LogP contribution in [0.3, 0.4) is 0 Å². The molecule has 25 heavy (non-hydrogen) atoms. The lowest BCUT2D eigenvalue weighted by molar-refractivity contribution is -0.139. The van der Waals surface area contributed by atoms with E-state index >= 15 is 0 Å². The van der Waals surface area contributed by atoms with Crippen LogP contribution in [0.1, 0.15) is 25.7 Å². The van der Waals surface area contributed by atoms with Gasteiger partial charge in [-0.2, -0.15) is 0 Å². The lowest BCUT2D eigenvalue weighted by Gasteiger charge is -2.34. The third-order valence-corrected chi connectivity index (χ3v) is 4.98. The number of carbonyl (C=O) groups is 2. The minimum atomic E-state index is -0.322. The zero-order valence-corrected chi connectivity index (χ0v) is 15.0. The highest BCUT2D eigenvalue weighted by Gasteiger charge is 2.31. The molecule has 2 aliphatic heterocycles. The number of benzene rings is 1. The molecule has 2 aliphatic rings. The van der Waals surface area contributed by atoms with Crippen LogP contribution in [-0.4, -0.2) is 42.9 Å². The molecule has 0 saturated carbocycles. The zero-order valence-electron chi connectivity index (χ0n) is 14.2. The van der Waals surface area contributed by atoms with E-state index < -0.39 is 0 Å². The zero-order chi connectivity index (χ0) is 16.9. The fraction of sp³-hybridized carbons (Fsp3) is 0.556. The standard InChI is InChI=1S/C18H24FN3O2.ClH/c19-15-1-3-16(4-2-15)21-17(23)13-7-11-22(12-8-13)18(24)14-5-9-20-10-6-14;/h1-4,13-14,20H,5-12H2,(H,21,23);1H. The van der Waals surface area contributed by atoms with Crippen molar-refractivity contribution in [3.63, 3.8) is 0 Å². The summed E-state index contributed by atoms with van der Waals surface area (Å²) in [5.41, 5.74) is 0.606. The number of amides is 2. The maximum atomic E-state index is 12.9. The van der Waals surface area contributed by atoms with Crippen LogP contribution < -0.4 is 10.6 Å². The molecule has 0 unspecified atom stereocenters. The van der Waals surface area contributed by atoms with Crippen molar-refractivity contribution in [2.24, 2.45) is 11.8 Å². The first-order valence-corrected chi connectivity index (χ1v) is 8.69. The average molecular weight is 370 g/mol. The van der Waals surface area contributed by atoms with Gasteiger partial charge in [0, 0.05) is 30.6 Å². The number of carbonyl (C=O) groups excluding carboxylic acids is 2. The topological polar surface area (TPSA) is 61.4 Å². The number of halogens is 2. The predicted octanol–water partition coefficient (Wildman–Crippen LogP) is 2.42. The van der Waals surface area contributed by atoms with E-state index in [1.165, 1.54) is 12.1 Å². The Morgan fingerprint density at radius 2 is 1.60 bits per heavy atom. The van der Waals surface area contributed by atoms with Crippen LogP contribution in [0.2, 0.25) is 0 Å². The van der Waals surface area contributed by atoms with E-state index in [2.05, 4.69) is 10.6 Å². The quantitative estimate of drug-likeness (QED) is 0.860. The Bertz CT molecular complexity index is 582. The molecule has 0 atom stereocenters. The van der Waals surface area contributed by atoms with Gasteiger partial charge >= 0.3 is 0 Å². The first kappa shape index (κ1) is 19.7. The van der Waals surface area contributed by atoms with Gasteiger partial charge in [0.05, 0.1) is 0 Å². The van der Waals surface area contributed by atoms with E-state index in [1.54, 1.807) is 12.1 Å². The Balaban J connectivity index is 0.00000225. The Morgan fingerprint density at radius 1 is 1.00 bits per heavy atom. The molecule has 2 amide bonds. The predicted molar refractivity (Wildman–Crippen MR) is 97.2 cm³/mol. The molecule has 2 N–H and O–H groups in total. The van der Waals surface area contributed by atoms with E-state index in [0.717, 1.165) is 25.9 Å². The molecule has 0 bridgehead atoms. The third kappa shape index (κ3) is 5.16. The summed E-state index contributed by atoms with van der Waals surface area (Å²) in [6.07, 6.45) is 3.18. The minimum absolute atomic E-state index is 0. The second-order valence-corrected chi connectivity index (χ2v) is 6.62. The normalized spacial score (nSPS) is 19.2. The molecule has 5 nitrogen and oxygen atoms in total. The molecule has 138 valence electrons. The number of hydrogen-bond acceptors (Lipinski definition) is 3. The molecule has 2 saturated heterocycles. The van der Waals surface area contributed by atoms with Crippen molar-refractivity contribution in [2.45, 2.75) is 25.7 Å². The summed E-state index contributed by atoms with van der Waals surface area (Å²) < 4.78 is 12.9. The van der Waals surface area contributed by atoms with Crippen LogP contribution in [0.4, 0.5) is 10.1 Å². The Labute approximate surface area is 153 Å². The highest BCUT2D eigenvalue weighted by atomic mass is 35.5. The second-order valence-electron chi connectivity index (χ2n) is 6.62. The van der Waals surface area contributed by atoms with Crippen LogP contribution in [0.5, 0.6) is 0 Å². The van der Waals surface area contributed by atoms with E-state index in [1.807, 2.05) is 4.90 Å². The average Bonchev–Trinajstić information content (AvgIpc) is 2.64. The first-order valence-electron chi connectivity index (χ1n) is 8.69. The summed E-state index contributed by atoms with van der Waals surface area (Å²) >= 11 is 0. The summed E-state index contributed by atoms with van der Waals surface area (Å²) in [6.45, 7) is 3.11. The van der Waals surface area contributed by atoms with Gasteiger partial charge in [-0.15, -0.1) is 12.4 Å². The van der Waals surface area contributed by atoms with Crippen LogP contribution >= 0.6 is 12.4 Å². The summed E-state index contributed by atoms with van der Waals surface area (Å²) in [5, 5.41) is 6.10. The highest BCUT2D eigenvalue weighted by molar-refractivity contribution is 5.92. The number of nitrogens with one attached hydrogen (secondary N) is 2. The van der Waals surface area contributed by atoms with Crippen LogP contribution in [0.15, 0.2) is 24.3 Å². The number of anilines is 1. The van der Waals surface area contributed by atoms with Gasteiger partial charge in [0.25, 0.3) is 0 Å². The maximum Gasteiger partial charge on any atom is 0.227 e. The monoisotopic (exact) mass is 369 g/mol. The van der Waals surface area contributed by atoms with Crippen molar-refractivity contribution in [1.82, 2.24) is 10.2 Å². The number of nitrogens with zero attached hydrogens (tertiary/aromatic N) is 1. The van der Waals surface area contributed by atoms with Crippen molar-refractivity contribution >= 4 is 29.9 Å². The molecule has 1 aromatic rings. The van der Waals surface area contributed by atoms with Gasteiger partial charge in [-0.1, -0.05) is 0 Å². The van der Waals surface area contributed by atoms with E-state index in [-0.39, 0.29) is 41.9 Å². The lowest BCUT2D eigenvalue weighted by atomic mass is 9.92. The molecule has 7 heteroatoms. The van der Waals surface area contributed by atoms with E-state index in [0.29, 0.717) is 31.6 Å². The number of likely N-dealkylation sites (tertiary alicyclic amines) is 1. The van der Waals surface area contributed by atoms with E-state index in [9.17, 15) is 14.0 Å². The Hall–Kier alpha value is -1.66. The van der Waals surface area contributed by atoms with Gasteiger partial charge in [-0.3, -0.25) is 9.59 Å².